The predicted molar refractivity (Wildman–Crippen MR) is 116 cm³/mol. The smallest absolute Gasteiger partial charge is 0.124 e. The van der Waals surface area contributed by atoms with Gasteiger partial charge >= 0.3 is 0 Å². The van der Waals surface area contributed by atoms with Crippen molar-refractivity contribution in [2.45, 2.75) is 27.0 Å². The highest BCUT2D eigenvalue weighted by Crippen LogP contribution is 2.26. The summed E-state index contributed by atoms with van der Waals surface area (Å²) < 4.78 is 8.20. The number of nitrogens with one attached hydrogen (secondary N) is 1. The molecule has 0 aliphatic carbocycles. The minimum atomic E-state index is 0.547. The Kier molecular flexibility index (Phi) is 6.38. The van der Waals surface area contributed by atoms with E-state index in [0.717, 1.165) is 31.5 Å². The first-order valence-corrected chi connectivity index (χ1v) is 10.1. The summed E-state index contributed by atoms with van der Waals surface area (Å²) in [5, 5.41) is 3.52. The number of hydrogen-bond donors (Lipinski definition) is 1. The van der Waals surface area contributed by atoms with Gasteiger partial charge in [0.1, 0.15) is 12.4 Å². The van der Waals surface area contributed by atoms with Crippen molar-refractivity contribution >= 4 is 37.5 Å². The fourth-order valence-electron chi connectivity index (χ4n) is 2.77. The van der Waals surface area contributed by atoms with Crippen LogP contribution in [0.4, 0.5) is 5.69 Å². The second-order valence-electron chi connectivity index (χ2n) is 6.34. The number of halogens is 2. The summed E-state index contributed by atoms with van der Waals surface area (Å²) in [7, 11) is 0. The Labute approximate surface area is 171 Å². The van der Waals surface area contributed by atoms with Gasteiger partial charge in [0.05, 0.1) is 0 Å². The molecule has 0 fully saturated rings. The average molecular weight is 475 g/mol. The summed E-state index contributed by atoms with van der Waals surface area (Å²) in [4.78, 5) is 0. The van der Waals surface area contributed by atoms with Crippen molar-refractivity contribution in [3.8, 4) is 5.75 Å². The highest BCUT2D eigenvalue weighted by molar-refractivity contribution is 9.10. The van der Waals surface area contributed by atoms with Crippen molar-refractivity contribution in [1.29, 1.82) is 0 Å². The second kappa shape index (κ2) is 8.74. The van der Waals surface area contributed by atoms with Crippen LogP contribution in [0.5, 0.6) is 5.75 Å². The molecular formula is C22H21Br2NO. The number of anilines is 1. The molecule has 0 saturated heterocycles. The Bertz CT molecular complexity index is 891. The van der Waals surface area contributed by atoms with Crippen LogP contribution in [0.25, 0.3) is 0 Å². The zero-order valence-electron chi connectivity index (χ0n) is 14.9. The van der Waals surface area contributed by atoms with E-state index in [1.54, 1.807) is 0 Å². The molecule has 0 unspecified atom stereocenters. The highest BCUT2D eigenvalue weighted by atomic mass is 79.9. The van der Waals surface area contributed by atoms with Gasteiger partial charge in [0.25, 0.3) is 0 Å². The number of aryl methyl sites for hydroxylation is 2. The van der Waals surface area contributed by atoms with E-state index in [1.807, 2.05) is 24.3 Å². The van der Waals surface area contributed by atoms with Gasteiger partial charge in [-0.15, -0.1) is 0 Å². The van der Waals surface area contributed by atoms with Crippen LogP contribution in [0.2, 0.25) is 0 Å². The standard InChI is InChI=1S/C22H21Br2NO/c1-15-3-9-21(16(2)11-15)25-13-18-12-20(24)8-10-22(18)26-14-17-4-6-19(23)7-5-17/h3-12,25H,13-14H2,1-2H3. The van der Waals surface area contributed by atoms with Crippen LogP contribution in [-0.2, 0) is 13.2 Å². The van der Waals surface area contributed by atoms with Crippen LogP contribution in [-0.4, -0.2) is 0 Å². The molecule has 3 aromatic carbocycles. The van der Waals surface area contributed by atoms with Crippen molar-refractivity contribution in [3.05, 3.63) is 91.9 Å². The molecule has 0 spiro atoms. The summed E-state index contributed by atoms with van der Waals surface area (Å²) in [6.07, 6.45) is 0. The lowest BCUT2D eigenvalue weighted by molar-refractivity contribution is 0.303. The zero-order valence-corrected chi connectivity index (χ0v) is 18.0. The van der Waals surface area contributed by atoms with Crippen LogP contribution >= 0.6 is 31.9 Å². The molecule has 0 aliphatic rings. The summed E-state index contributed by atoms with van der Waals surface area (Å²) in [6.45, 7) is 5.49. The van der Waals surface area contributed by atoms with E-state index >= 15 is 0 Å². The Hall–Kier alpha value is -1.78. The summed E-state index contributed by atoms with van der Waals surface area (Å²) in [6, 6.07) is 20.8. The predicted octanol–water partition coefficient (Wildman–Crippen LogP) is 7.02. The number of benzene rings is 3. The molecule has 1 N–H and O–H groups in total. The first-order chi connectivity index (χ1) is 12.5. The van der Waals surface area contributed by atoms with Gasteiger partial charge in [-0.3, -0.25) is 0 Å². The summed E-state index contributed by atoms with van der Waals surface area (Å²) >= 11 is 7.02. The molecule has 3 rings (SSSR count). The van der Waals surface area contributed by atoms with Crippen molar-refractivity contribution in [1.82, 2.24) is 0 Å². The van der Waals surface area contributed by atoms with Crippen LogP contribution in [0.1, 0.15) is 22.3 Å². The van der Waals surface area contributed by atoms with Gasteiger partial charge in [-0.25, -0.2) is 0 Å². The van der Waals surface area contributed by atoms with Gasteiger partial charge in [0, 0.05) is 26.7 Å². The van der Waals surface area contributed by atoms with Gasteiger partial charge in [0.2, 0.25) is 0 Å². The van der Waals surface area contributed by atoms with E-state index in [2.05, 4.69) is 87.4 Å². The van der Waals surface area contributed by atoms with Crippen molar-refractivity contribution in [2.75, 3.05) is 5.32 Å². The molecule has 0 bridgehead atoms. The third kappa shape index (κ3) is 5.12. The van der Waals surface area contributed by atoms with Gasteiger partial charge in [-0.05, 0) is 61.4 Å². The van der Waals surface area contributed by atoms with Gasteiger partial charge in [-0.2, -0.15) is 0 Å². The Morgan fingerprint density at radius 3 is 2.31 bits per heavy atom. The maximum absolute atomic E-state index is 6.08. The largest absolute Gasteiger partial charge is 0.489 e. The van der Waals surface area contributed by atoms with E-state index in [9.17, 15) is 0 Å². The molecule has 0 radical (unpaired) electrons. The molecule has 0 heterocycles. The number of rotatable bonds is 6. The van der Waals surface area contributed by atoms with Crippen LogP contribution < -0.4 is 10.1 Å². The normalized spacial score (nSPS) is 10.6. The maximum Gasteiger partial charge on any atom is 0.124 e. The second-order valence-corrected chi connectivity index (χ2v) is 8.17. The minimum absolute atomic E-state index is 0.547. The van der Waals surface area contributed by atoms with Crippen LogP contribution in [0.15, 0.2) is 69.6 Å². The number of ether oxygens (including phenoxy) is 1. The fourth-order valence-corrected chi connectivity index (χ4v) is 3.44. The lowest BCUT2D eigenvalue weighted by Crippen LogP contribution is -2.05. The van der Waals surface area contributed by atoms with Crippen LogP contribution in [0.3, 0.4) is 0 Å². The molecule has 0 amide bonds. The summed E-state index contributed by atoms with van der Waals surface area (Å²) in [5.74, 6) is 0.897. The molecule has 134 valence electrons. The molecule has 4 heteroatoms. The fraction of sp³-hybridized carbons (Fsp3) is 0.182. The first-order valence-electron chi connectivity index (χ1n) is 8.48. The van der Waals surface area contributed by atoms with E-state index in [4.69, 9.17) is 4.74 Å². The zero-order chi connectivity index (χ0) is 18.5. The van der Waals surface area contributed by atoms with Crippen molar-refractivity contribution < 1.29 is 4.74 Å². The quantitative estimate of drug-likeness (QED) is 0.414. The maximum atomic E-state index is 6.08. The van der Waals surface area contributed by atoms with Crippen molar-refractivity contribution in [2.24, 2.45) is 0 Å². The average Bonchev–Trinajstić information content (AvgIpc) is 2.61. The minimum Gasteiger partial charge on any atom is -0.489 e. The van der Waals surface area contributed by atoms with E-state index in [1.165, 1.54) is 11.1 Å². The molecule has 0 aromatic heterocycles. The van der Waals surface area contributed by atoms with E-state index in [0.29, 0.717) is 13.2 Å². The molecule has 0 aliphatic heterocycles. The molecule has 0 atom stereocenters. The third-order valence-electron chi connectivity index (χ3n) is 4.18. The van der Waals surface area contributed by atoms with E-state index in [-0.39, 0.29) is 0 Å². The van der Waals surface area contributed by atoms with Gasteiger partial charge < -0.3 is 10.1 Å². The van der Waals surface area contributed by atoms with Gasteiger partial charge in [-0.1, -0.05) is 61.7 Å². The third-order valence-corrected chi connectivity index (χ3v) is 5.20. The van der Waals surface area contributed by atoms with Gasteiger partial charge in [0.15, 0.2) is 0 Å². The molecule has 0 saturated carbocycles. The molecular weight excluding hydrogens is 454 g/mol. The van der Waals surface area contributed by atoms with Crippen molar-refractivity contribution in [3.63, 3.8) is 0 Å². The lowest BCUT2D eigenvalue weighted by atomic mass is 10.1. The highest BCUT2D eigenvalue weighted by Gasteiger charge is 2.07. The molecule has 26 heavy (non-hydrogen) atoms. The SMILES string of the molecule is Cc1ccc(NCc2cc(Br)ccc2OCc2ccc(Br)cc2)c(C)c1. The summed E-state index contributed by atoms with van der Waals surface area (Å²) in [5.41, 5.74) is 5.93. The lowest BCUT2D eigenvalue weighted by Gasteiger charge is -2.15. The monoisotopic (exact) mass is 473 g/mol. The Balaban J connectivity index is 1.71. The van der Waals surface area contributed by atoms with Crippen LogP contribution in [0, 0.1) is 13.8 Å². The Morgan fingerprint density at radius 2 is 1.58 bits per heavy atom. The molecule has 2 nitrogen and oxygen atoms in total. The first kappa shape index (κ1) is 19.0. The topological polar surface area (TPSA) is 21.3 Å². The molecule has 3 aromatic rings. The Morgan fingerprint density at radius 1 is 0.846 bits per heavy atom. The number of hydrogen-bond acceptors (Lipinski definition) is 2. The van der Waals surface area contributed by atoms with E-state index < -0.39 is 0 Å².